The van der Waals surface area contributed by atoms with Gasteiger partial charge in [-0.2, -0.15) is 4.98 Å². The summed E-state index contributed by atoms with van der Waals surface area (Å²) in [5, 5.41) is 29.5. The van der Waals surface area contributed by atoms with Gasteiger partial charge in [0, 0.05) is 0 Å². The summed E-state index contributed by atoms with van der Waals surface area (Å²) < 4.78 is 11.5. The molecule has 2 aliphatic rings. The van der Waals surface area contributed by atoms with E-state index in [0.717, 1.165) is 0 Å². The lowest BCUT2D eigenvalue weighted by Gasteiger charge is -2.19. The molecule has 2 aromatic heterocycles. The van der Waals surface area contributed by atoms with Crippen LogP contribution in [0.1, 0.15) is 6.23 Å². The number of hydrogen-bond donors (Lipinski definition) is 5. The summed E-state index contributed by atoms with van der Waals surface area (Å²) in [7, 11) is 0. The zero-order valence-electron chi connectivity index (χ0n) is 10.4. The molecule has 6 N–H and O–H groups in total. The number of nitrogens with one attached hydrogen (secondary N) is 1. The van der Waals surface area contributed by atoms with Crippen LogP contribution in [-0.2, 0) is 9.47 Å². The van der Waals surface area contributed by atoms with Crippen LogP contribution in [0.15, 0.2) is 11.1 Å². The van der Waals surface area contributed by atoms with Crippen molar-refractivity contribution in [3.63, 3.8) is 0 Å². The van der Waals surface area contributed by atoms with Gasteiger partial charge in [0.2, 0.25) is 5.95 Å². The van der Waals surface area contributed by atoms with E-state index in [1.807, 2.05) is 0 Å². The van der Waals surface area contributed by atoms with E-state index in [1.165, 1.54) is 10.9 Å². The van der Waals surface area contributed by atoms with Crippen LogP contribution in [0.25, 0.3) is 11.2 Å². The van der Waals surface area contributed by atoms with Crippen LogP contribution in [-0.4, -0.2) is 59.1 Å². The molecule has 112 valence electrons. The monoisotopic (exact) mass is 297 g/mol. The average molecular weight is 297 g/mol. The van der Waals surface area contributed by atoms with Gasteiger partial charge in [-0.15, -0.1) is 0 Å². The first-order chi connectivity index (χ1) is 9.90. The number of aliphatic hydroxyl groups is 3. The van der Waals surface area contributed by atoms with Gasteiger partial charge >= 0.3 is 0 Å². The maximum Gasteiger partial charge on any atom is 0.280 e. The Kier molecular flexibility index (Phi) is 2.16. The Bertz CT molecular complexity index is 803. The third kappa shape index (κ3) is 1.36. The van der Waals surface area contributed by atoms with Crippen molar-refractivity contribution in [3.05, 3.63) is 16.7 Å². The van der Waals surface area contributed by atoms with Crippen LogP contribution in [0.3, 0.4) is 0 Å². The van der Waals surface area contributed by atoms with Gasteiger partial charge in [0.25, 0.3) is 17.1 Å². The third-order valence-electron chi connectivity index (χ3n) is 3.72. The smallest absolute Gasteiger partial charge is 0.280 e. The first-order valence-corrected chi connectivity index (χ1v) is 6.04. The van der Waals surface area contributed by atoms with E-state index in [-0.39, 0.29) is 17.1 Å². The number of hydrogen-bond acceptors (Lipinski definition) is 9. The minimum atomic E-state index is -2.05. The molecule has 0 amide bonds. The van der Waals surface area contributed by atoms with Gasteiger partial charge in [0.1, 0.15) is 6.10 Å². The van der Waals surface area contributed by atoms with E-state index < -0.39 is 36.1 Å². The van der Waals surface area contributed by atoms with Crippen LogP contribution in [0.2, 0.25) is 0 Å². The predicted octanol–water partition coefficient (Wildman–Crippen LogP) is -3.00. The van der Waals surface area contributed by atoms with Crippen molar-refractivity contribution >= 4 is 17.1 Å². The third-order valence-corrected chi connectivity index (χ3v) is 3.72. The summed E-state index contributed by atoms with van der Waals surface area (Å²) in [4.78, 5) is 21.8. The molecular formula is C10H11N5O6. The summed E-state index contributed by atoms with van der Waals surface area (Å²) in [6.07, 6.45) is -1.15. The number of rotatable bonds is 2. The van der Waals surface area contributed by atoms with Crippen LogP contribution in [0, 0.1) is 0 Å². The molecular weight excluding hydrogens is 286 g/mol. The van der Waals surface area contributed by atoms with E-state index >= 15 is 0 Å². The van der Waals surface area contributed by atoms with Crippen LogP contribution in [0.5, 0.6) is 0 Å². The van der Waals surface area contributed by atoms with Gasteiger partial charge in [0.15, 0.2) is 17.4 Å². The first-order valence-electron chi connectivity index (χ1n) is 6.04. The number of imidazole rings is 1. The highest BCUT2D eigenvalue weighted by molar-refractivity contribution is 5.70. The number of aromatic nitrogens is 4. The van der Waals surface area contributed by atoms with E-state index in [1.54, 1.807) is 0 Å². The standard InChI is InChI=1S/C10H11N5O6/c11-8-13-5-4(6(17)14-8)12-2-15(5)7-10(19)9(18,21-10)3(1-16)20-7/h2-3,7,16,18-19H,1H2,(H3,11,13,14,17)/t3-,7-,9?,10?/m1/s1. The summed E-state index contributed by atoms with van der Waals surface area (Å²) in [6.45, 7) is -0.557. The molecule has 11 nitrogen and oxygen atoms in total. The van der Waals surface area contributed by atoms with Crippen LogP contribution in [0.4, 0.5) is 5.95 Å². The minimum absolute atomic E-state index is 0.00645. The molecule has 0 saturated carbocycles. The topological polar surface area (TPSA) is 172 Å². The summed E-state index contributed by atoms with van der Waals surface area (Å²) in [5.41, 5.74) is 4.98. The van der Waals surface area contributed by atoms with E-state index in [9.17, 15) is 15.0 Å². The minimum Gasteiger partial charge on any atom is -0.393 e. The fraction of sp³-hybridized carbons (Fsp3) is 0.500. The number of nitrogens with zero attached hydrogens (tertiary/aromatic N) is 3. The summed E-state index contributed by atoms with van der Waals surface area (Å²) in [5.74, 6) is -4.19. The highest BCUT2D eigenvalue weighted by atomic mass is 16.9. The van der Waals surface area contributed by atoms with Crippen molar-refractivity contribution in [2.75, 3.05) is 12.3 Å². The fourth-order valence-electron chi connectivity index (χ4n) is 2.61. The second-order valence-electron chi connectivity index (χ2n) is 4.93. The zero-order chi connectivity index (χ0) is 15.0. The number of nitrogen functional groups attached to an aromatic ring is 1. The van der Waals surface area contributed by atoms with Gasteiger partial charge in [-0.1, -0.05) is 0 Å². The highest BCUT2D eigenvalue weighted by Crippen LogP contribution is 2.60. The lowest BCUT2D eigenvalue weighted by molar-refractivity contribution is -0.180. The van der Waals surface area contributed by atoms with Gasteiger partial charge in [-0.3, -0.25) is 14.3 Å². The lowest BCUT2D eigenvalue weighted by Crippen LogP contribution is -2.33. The fourth-order valence-corrected chi connectivity index (χ4v) is 2.61. The van der Waals surface area contributed by atoms with E-state index in [4.69, 9.17) is 20.3 Å². The second kappa shape index (κ2) is 3.58. The maximum absolute atomic E-state index is 11.7. The Labute approximate surface area is 115 Å². The van der Waals surface area contributed by atoms with Gasteiger partial charge in [-0.05, 0) is 0 Å². The number of anilines is 1. The second-order valence-corrected chi connectivity index (χ2v) is 4.93. The molecule has 21 heavy (non-hydrogen) atoms. The molecule has 2 unspecified atom stereocenters. The zero-order valence-corrected chi connectivity index (χ0v) is 10.4. The molecule has 4 rings (SSSR count). The van der Waals surface area contributed by atoms with Crippen LogP contribution >= 0.6 is 0 Å². The Hall–Kier alpha value is -2.05. The van der Waals surface area contributed by atoms with E-state index in [0.29, 0.717) is 0 Å². The maximum atomic E-state index is 11.7. The summed E-state index contributed by atoms with van der Waals surface area (Å²) in [6, 6.07) is 0. The molecule has 4 heterocycles. The lowest BCUT2D eigenvalue weighted by atomic mass is 10.1. The van der Waals surface area contributed by atoms with Crippen molar-refractivity contribution in [3.8, 4) is 0 Å². The highest BCUT2D eigenvalue weighted by Gasteiger charge is 2.84. The Morgan fingerprint density at radius 2 is 2.24 bits per heavy atom. The number of aromatic amines is 1. The van der Waals surface area contributed by atoms with Crippen LogP contribution < -0.4 is 11.3 Å². The molecule has 0 aromatic carbocycles. The van der Waals surface area contributed by atoms with Crippen molar-refractivity contribution in [2.24, 2.45) is 0 Å². The van der Waals surface area contributed by atoms with Crippen molar-refractivity contribution in [1.29, 1.82) is 0 Å². The normalized spacial score (nSPS) is 37.9. The molecule has 2 saturated heterocycles. The Morgan fingerprint density at radius 1 is 1.48 bits per heavy atom. The molecule has 2 aliphatic heterocycles. The Morgan fingerprint density at radius 3 is 2.90 bits per heavy atom. The van der Waals surface area contributed by atoms with Gasteiger partial charge in [-0.25, -0.2) is 4.98 Å². The number of aliphatic hydroxyl groups excluding tert-OH is 1. The van der Waals surface area contributed by atoms with Gasteiger partial charge < -0.3 is 30.5 Å². The molecule has 4 atom stereocenters. The molecule has 2 aromatic rings. The molecule has 0 spiro atoms. The quantitative estimate of drug-likeness (QED) is 0.362. The van der Waals surface area contributed by atoms with E-state index in [2.05, 4.69) is 15.0 Å². The number of nitrogens with two attached hydrogens (primary N) is 1. The number of H-pyrrole nitrogens is 1. The van der Waals surface area contributed by atoms with Crippen molar-refractivity contribution in [2.45, 2.75) is 23.9 Å². The number of epoxide rings is 1. The SMILES string of the molecule is Nc1nc2c(ncn2[C@@H]2O[C@H](CO)C3(O)OC23O)c(=O)[nH]1. The average Bonchev–Trinajstić information content (AvgIpc) is 2.73. The van der Waals surface area contributed by atoms with Gasteiger partial charge in [0.05, 0.1) is 12.9 Å². The summed E-state index contributed by atoms with van der Waals surface area (Å²) >= 11 is 0. The molecule has 0 bridgehead atoms. The van der Waals surface area contributed by atoms with Crippen molar-refractivity contribution in [1.82, 2.24) is 19.5 Å². The Balaban J connectivity index is 1.87. The largest absolute Gasteiger partial charge is 0.393 e. The molecule has 11 heteroatoms. The first kappa shape index (κ1) is 12.7. The molecule has 0 radical (unpaired) electrons. The number of ether oxygens (including phenoxy) is 2. The molecule has 2 fully saturated rings. The van der Waals surface area contributed by atoms with Crippen molar-refractivity contribution < 1.29 is 24.8 Å². The molecule has 0 aliphatic carbocycles. The predicted molar refractivity (Wildman–Crippen MR) is 64.5 cm³/mol. The number of fused-ring (bicyclic) bond motifs is 2.